The molecule has 0 aliphatic heterocycles. The number of aromatic nitrogens is 1. The highest BCUT2D eigenvalue weighted by molar-refractivity contribution is 9.11. The van der Waals surface area contributed by atoms with Crippen LogP contribution < -0.4 is 10.6 Å². The van der Waals surface area contributed by atoms with Crippen LogP contribution in [0.4, 0.5) is 10.8 Å². The molecular formula is C21H13Br2N3O2S. The number of benzene rings is 3. The van der Waals surface area contributed by atoms with E-state index in [-0.39, 0.29) is 11.8 Å². The minimum atomic E-state index is -0.247. The van der Waals surface area contributed by atoms with Crippen LogP contribution in [-0.4, -0.2) is 16.8 Å². The van der Waals surface area contributed by atoms with E-state index in [4.69, 9.17) is 0 Å². The van der Waals surface area contributed by atoms with E-state index in [1.165, 1.54) is 11.3 Å². The van der Waals surface area contributed by atoms with Crippen molar-refractivity contribution >= 4 is 76.0 Å². The van der Waals surface area contributed by atoms with Crippen molar-refractivity contribution in [1.29, 1.82) is 0 Å². The van der Waals surface area contributed by atoms with Gasteiger partial charge in [0.1, 0.15) is 0 Å². The normalized spacial score (nSPS) is 10.7. The van der Waals surface area contributed by atoms with Crippen LogP contribution in [0.5, 0.6) is 0 Å². The van der Waals surface area contributed by atoms with Crippen molar-refractivity contribution in [2.24, 2.45) is 0 Å². The van der Waals surface area contributed by atoms with E-state index >= 15 is 0 Å². The van der Waals surface area contributed by atoms with Gasteiger partial charge < -0.3 is 5.32 Å². The number of amides is 2. The molecule has 1 aromatic heterocycles. The predicted octanol–water partition coefficient (Wildman–Crippen LogP) is 6.33. The van der Waals surface area contributed by atoms with E-state index < -0.39 is 0 Å². The van der Waals surface area contributed by atoms with Crippen LogP contribution in [0.3, 0.4) is 0 Å². The molecule has 8 heteroatoms. The van der Waals surface area contributed by atoms with E-state index in [0.717, 1.165) is 14.7 Å². The number of hydrogen-bond donors (Lipinski definition) is 2. The van der Waals surface area contributed by atoms with Crippen LogP contribution in [-0.2, 0) is 0 Å². The van der Waals surface area contributed by atoms with E-state index in [1.54, 1.807) is 30.3 Å². The fourth-order valence-corrected chi connectivity index (χ4v) is 4.44. The number of anilines is 2. The number of carbonyl (C=O) groups excluding carboxylic acids is 2. The van der Waals surface area contributed by atoms with Crippen LogP contribution in [0.2, 0.25) is 0 Å². The summed E-state index contributed by atoms with van der Waals surface area (Å²) in [4.78, 5) is 29.5. The molecule has 2 amide bonds. The first-order valence-corrected chi connectivity index (χ1v) is 10.9. The molecule has 0 aliphatic rings. The molecule has 0 saturated carbocycles. The van der Waals surface area contributed by atoms with E-state index in [2.05, 4.69) is 47.5 Å². The van der Waals surface area contributed by atoms with Gasteiger partial charge in [-0.15, -0.1) is 0 Å². The minimum absolute atomic E-state index is 0.217. The van der Waals surface area contributed by atoms with E-state index in [0.29, 0.717) is 26.4 Å². The zero-order valence-electron chi connectivity index (χ0n) is 14.8. The summed E-state index contributed by atoms with van der Waals surface area (Å²) in [5.41, 5.74) is 2.46. The fraction of sp³-hybridized carbons (Fsp3) is 0. The molecule has 144 valence electrons. The summed E-state index contributed by atoms with van der Waals surface area (Å²) in [5.74, 6) is -0.463. The third-order valence-electron chi connectivity index (χ3n) is 4.11. The average Bonchev–Trinajstić information content (AvgIpc) is 3.11. The SMILES string of the molecule is O=C(Nc1ccccc1Br)c1ccc2nc(NC(=O)c3ccccc3Br)sc2c1. The topological polar surface area (TPSA) is 71.1 Å². The van der Waals surface area contributed by atoms with E-state index in [9.17, 15) is 9.59 Å². The lowest BCUT2D eigenvalue weighted by molar-refractivity contribution is 0.101. The van der Waals surface area contributed by atoms with E-state index in [1.807, 2.05) is 36.4 Å². The fourth-order valence-electron chi connectivity index (χ4n) is 2.69. The van der Waals surface area contributed by atoms with Gasteiger partial charge in [-0.3, -0.25) is 14.9 Å². The van der Waals surface area contributed by atoms with Crippen LogP contribution >= 0.6 is 43.2 Å². The number of hydrogen-bond acceptors (Lipinski definition) is 4. The number of nitrogens with zero attached hydrogens (tertiary/aromatic N) is 1. The minimum Gasteiger partial charge on any atom is -0.321 e. The Bertz CT molecular complexity index is 1240. The molecule has 0 radical (unpaired) electrons. The second-order valence-electron chi connectivity index (χ2n) is 6.07. The van der Waals surface area contributed by atoms with Gasteiger partial charge >= 0.3 is 0 Å². The van der Waals surface area contributed by atoms with Gasteiger partial charge in [0.2, 0.25) is 0 Å². The van der Waals surface area contributed by atoms with Gasteiger partial charge in [0.05, 0.1) is 21.5 Å². The van der Waals surface area contributed by atoms with Crippen molar-refractivity contribution in [1.82, 2.24) is 4.98 Å². The number of nitrogens with one attached hydrogen (secondary N) is 2. The monoisotopic (exact) mass is 529 g/mol. The predicted molar refractivity (Wildman–Crippen MR) is 124 cm³/mol. The van der Waals surface area contributed by atoms with Gasteiger partial charge in [0, 0.05) is 14.5 Å². The van der Waals surface area contributed by atoms with Gasteiger partial charge in [-0.25, -0.2) is 4.98 Å². The quantitative estimate of drug-likeness (QED) is 0.324. The lowest BCUT2D eigenvalue weighted by atomic mass is 10.2. The molecule has 0 saturated heterocycles. The van der Waals surface area contributed by atoms with Gasteiger partial charge in [0.25, 0.3) is 11.8 Å². The Morgan fingerprint density at radius 2 is 1.55 bits per heavy atom. The van der Waals surface area contributed by atoms with Crippen molar-refractivity contribution in [3.05, 3.63) is 86.8 Å². The van der Waals surface area contributed by atoms with Crippen molar-refractivity contribution in [2.45, 2.75) is 0 Å². The van der Waals surface area contributed by atoms with Crippen molar-refractivity contribution in [2.75, 3.05) is 10.6 Å². The molecule has 3 aromatic carbocycles. The number of halogens is 2. The summed E-state index contributed by atoms with van der Waals surface area (Å²) < 4.78 is 2.33. The zero-order chi connectivity index (χ0) is 20.4. The maximum atomic E-state index is 12.6. The molecule has 4 rings (SSSR count). The third kappa shape index (κ3) is 4.39. The maximum Gasteiger partial charge on any atom is 0.258 e. The molecule has 2 N–H and O–H groups in total. The summed E-state index contributed by atoms with van der Waals surface area (Å²) in [7, 11) is 0. The Kier molecular flexibility index (Phi) is 5.75. The number of para-hydroxylation sites is 1. The van der Waals surface area contributed by atoms with Gasteiger partial charge in [-0.2, -0.15) is 0 Å². The molecule has 0 aliphatic carbocycles. The second-order valence-corrected chi connectivity index (χ2v) is 8.81. The molecule has 0 atom stereocenters. The molecule has 1 heterocycles. The van der Waals surface area contributed by atoms with Crippen LogP contribution in [0.1, 0.15) is 20.7 Å². The highest BCUT2D eigenvalue weighted by Gasteiger charge is 2.14. The lowest BCUT2D eigenvalue weighted by Crippen LogP contribution is -2.12. The first kappa shape index (κ1) is 19.8. The number of carbonyl (C=O) groups is 2. The molecule has 0 fully saturated rings. The molecule has 5 nitrogen and oxygen atoms in total. The average molecular weight is 531 g/mol. The third-order valence-corrected chi connectivity index (χ3v) is 6.43. The Balaban J connectivity index is 1.55. The summed E-state index contributed by atoms with van der Waals surface area (Å²) in [6.45, 7) is 0. The largest absolute Gasteiger partial charge is 0.321 e. The van der Waals surface area contributed by atoms with Crippen LogP contribution in [0, 0.1) is 0 Å². The Morgan fingerprint density at radius 3 is 2.31 bits per heavy atom. The van der Waals surface area contributed by atoms with Gasteiger partial charge in [-0.05, 0) is 74.3 Å². The molecule has 4 aromatic rings. The molecule has 0 spiro atoms. The van der Waals surface area contributed by atoms with Gasteiger partial charge in [0.15, 0.2) is 5.13 Å². The molecule has 29 heavy (non-hydrogen) atoms. The summed E-state index contributed by atoms with van der Waals surface area (Å²) >= 11 is 8.12. The zero-order valence-corrected chi connectivity index (χ0v) is 18.8. The lowest BCUT2D eigenvalue weighted by Gasteiger charge is -2.07. The number of fused-ring (bicyclic) bond motifs is 1. The van der Waals surface area contributed by atoms with Crippen molar-refractivity contribution in [3.8, 4) is 0 Å². The second kappa shape index (κ2) is 8.44. The van der Waals surface area contributed by atoms with Crippen molar-refractivity contribution < 1.29 is 9.59 Å². The summed E-state index contributed by atoms with van der Waals surface area (Å²) in [6.07, 6.45) is 0. The van der Waals surface area contributed by atoms with Crippen LogP contribution in [0.25, 0.3) is 10.2 Å². The number of thiazole rings is 1. The molecule has 0 bridgehead atoms. The van der Waals surface area contributed by atoms with Gasteiger partial charge in [-0.1, -0.05) is 35.6 Å². The van der Waals surface area contributed by atoms with Crippen molar-refractivity contribution in [3.63, 3.8) is 0 Å². The maximum absolute atomic E-state index is 12.6. The molecule has 0 unspecified atom stereocenters. The first-order valence-electron chi connectivity index (χ1n) is 8.53. The Hall–Kier alpha value is -2.55. The highest BCUT2D eigenvalue weighted by Crippen LogP contribution is 2.29. The summed E-state index contributed by atoms with van der Waals surface area (Å²) in [5, 5.41) is 6.17. The Morgan fingerprint density at radius 1 is 0.828 bits per heavy atom. The smallest absolute Gasteiger partial charge is 0.258 e. The summed E-state index contributed by atoms with van der Waals surface area (Å²) in [6, 6.07) is 19.9. The Labute approximate surface area is 187 Å². The molecular weight excluding hydrogens is 518 g/mol. The number of rotatable bonds is 4. The highest BCUT2D eigenvalue weighted by atomic mass is 79.9. The van der Waals surface area contributed by atoms with Crippen LogP contribution in [0.15, 0.2) is 75.7 Å². The standard InChI is InChI=1S/C21H13Br2N3O2S/c22-14-6-2-1-5-13(14)20(28)26-21-25-17-10-9-12(11-18(17)29-21)19(27)24-16-8-4-3-7-15(16)23/h1-11H,(H,24,27)(H,25,26,28). The first-order chi connectivity index (χ1) is 14.0.